The number of hydrogen-bond donors (Lipinski definition) is 1. The first-order valence-corrected chi connectivity index (χ1v) is 14.2. The maximum Gasteiger partial charge on any atom is 0.277 e. The molecule has 0 aliphatic carbocycles. The highest BCUT2D eigenvalue weighted by molar-refractivity contribution is 9.10. The highest BCUT2D eigenvalue weighted by atomic mass is 79.9. The van der Waals surface area contributed by atoms with E-state index in [1.54, 1.807) is 24.3 Å². The zero-order valence-electron chi connectivity index (χ0n) is 18.9. The van der Waals surface area contributed by atoms with Crippen LogP contribution in [0.3, 0.4) is 0 Å². The van der Waals surface area contributed by atoms with E-state index in [4.69, 9.17) is 21.1 Å². The summed E-state index contributed by atoms with van der Waals surface area (Å²) < 4.78 is 12.5. The molecule has 1 aliphatic heterocycles. The minimum atomic E-state index is -0.376. The predicted octanol–water partition coefficient (Wildman–Crippen LogP) is 6.56. The third-order valence-electron chi connectivity index (χ3n) is 5.08. The third-order valence-corrected chi connectivity index (χ3v) is 9.05. The summed E-state index contributed by atoms with van der Waals surface area (Å²) in [5.41, 5.74) is 5.69. The predicted molar refractivity (Wildman–Crippen MR) is 150 cm³/mol. The van der Waals surface area contributed by atoms with Crippen molar-refractivity contribution in [3.8, 4) is 17.6 Å². The number of ether oxygens (including phenoxy) is 2. The Balaban J connectivity index is 1.27. The fourth-order valence-electron chi connectivity index (χ4n) is 3.33. The molecule has 1 heterocycles. The van der Waals surface area contributed by atoms with Gasteiger partial charge in [0.05, 0.1) is 31.9 Å². The SMILES string of the molecule is N#Cc1ccccc1COc1c(Cl)cc(/C=N\NC(=O)COc2ccc(C3SCCS3)cc2)cc1Br. The molecule has 3 aromatic rings. The van der Waals surface area contributed by atoms with Gasteiger partial charge >= 0.3 is 0 Å². The topological polar surface area (TPSA) is 83.7 Å². The summed E-state index contributed by atoms with van der Waals surface area (Å²) in [4.78, 5) is 12.1. The van der Waals surface area contributed by atoms with Crippen molar-refractivity contribution in [2.75, 3.05) is 18.1 Å². The van der Waals surface area contributed by atoms with E-state index < -0.39 is 0 Å². The monoisotopic (exact) mass is 601 g/mol. The number of benzene rings is 3. The second-order valence-electron chi connectivity index (χ2n) is 7.60. The van der Waals surface area contributed by atoms with E-state index in [-0.39, 0.29) is 19.1 Å². The fourth-order valence-corrected chi connectivity index (χ4v) is 7.18. The first-order valence-electron chi connectivity index (χ1n) is 10.9. The number of hydrazone groups is 1. The lowest BCUT2D eigenvalue weighted by Gasteiger charge is -2.12. The zero-order chi connectivity index (χ0) is 25.3. The summed E-state index contributed by atoms with van der Waals surface area (Å²) in [6, 6.07) is 20.7. The molecule has 3 aromatic carbocycles. The minimum absolute atomic E-state index is 0.148. The van der Waals surface area contributed by atoms with E-state index >= 15 is 0 Å². The summed E-state index contributed by atoms with van der Waals surface area (Å²) >= 11 is 13.7. The molecule has 1 aliphatic rings. The van der Waals surface area contributed by atoms with Crippen molar-refractivity contribution in [2.45, 2.75) is 11.2 Å². The standard InChI is InChI=1S/C26H21BrClN3O3S2/c27-22-11-17(12-23(28)25(22)34-15-20-4-2-1-3-19(20)13-29)14-30-31-24(32)16-33-21-7-5-18(6-8-21)26-35-9-10-36-26/h1-8,11-12,14,26H,9-10,15-16H2,(H,31,32)/b30-14-. The highest BCUT2D eigenvalue weighted by Gasteiger charge is 2.18. The molecule has 6 nitrogen and oxygen atoms in total. The van der Waals surface area contributed by atoms with E-state index in [1.165, 1.54) is 23.3 Å². The summed E-state index contributed by atoms with van der Waals surface area (Å²) in [5.74, 6) is 3.06. The van der Waals surface area contributed by atoms with Crippen LogP contribution in [0.4, 0.5) is 0 Å². The first-order chi connectivity index (χ1) is 17.5. The van der Waals surface area contributed by atoms with Gasteiger partial charge in [0, 0.05) is 17.1 Å². The smallest absolute Gasteiger partial charge is 0.277 e. The maximum absolute atomic E-state index is 12.1. The second-order valence-corrected chi connectivity index (χ2v) is 11.6. The van der Waals surface area contributed by atoms with Crippen molar-refractivity contribution in [2.24, 2.45) is 5.10 Å². The lowest BCUT2D eigenvalue weighted by atomic mass is 10.1. The molecular formula is C26H21BrClN3O3S2. The molecule has 0 atom stereocenters. The van der Waals surface area contributed by atoms with Crippen LogP contribution in [0.1, 0.15) is 26.8 Å². The van der Waals surface area contributed by atoms with Gasteiger partial charge in [-0.3, -0.25) is 4.79 Å². The van der Waals surface area contributed by atoms with Crippen LogP contribution in [0.5, 0.6) is 11.5 Å². The minimum Gasteiger partial charge on any atom is -0.486 e. The van der Waals surface area contributed by atoms with Crippen LogP contribution in [0.25, 0.3) is 0 Å². The van der Waals surface area contributed by atoms with Crippen molar-refractivity contribution in [3.05, 3.63) is 92.4 Å². The Labute approximate surface area is 231 Å². The maximum atomic E-state index is 12.1. The normalized spacial score (nSPS) is 13.5. The quantitative estimate of drug-likeness (QED) is 0.221. The van der Waals surface area contributed by atoms with Crippen LogP contribution in [0.2, 0.25) is 5.02 Å². The fraction of sp³-hybridized carbons (Fsp3) is 0.192. The van der Waals surface area contributed by atoms with E-state index in [0.717, 1.165) is 5.56 Å². The molecule has 0 saturated carbocycles. The van der Waals surface area contributed by atoms with Gasteiger partial charge in [-0.25, -0.2) is 5.43 Å². The van der Waals surface area contributed by atoms with Crippen molar-refractivity contribution >= 4 is 63.2 Å². The Morgan fingerprint density at radius 2 is 1.92 bits per heavy atom. The number of rotatable bonds is 9. The third kappa shape index (κ3) is 7.20. The number of carbonyl (C=O) groups is 1. The molecule has 10 heteroatoms. The number of nitrogens with one attached hydrogen (secondary N) is 1. The summed E-state index contributed by atoms with van der Waals surface area (Å²) in [5, 5.41) is 13.6. The number of nitriles is 1. The molecular weight excluding hydrogens is 582 g/mol. The molecule has 0 radical (unpaired) electrons. The molecule has 4 rings (SSSR count). The van der Waals surface area contributed by atoms with Gasteiger partial charge in [0.25, 0.3) is 5.91 Å². The van der Waals surface area contributed by atoms with Crippen LogP contribution >= 0.6 is 51.1 Å². The Kier molecular flexibility index (Phi) is 9.59. The van der Waals surface area contributed by atoms with Gasteiger partial charge < -0.3 is 9.47 Å². The van der Waals surface area contributed by atoms with Crippen LogP contribution in [-0.2, 0) is 11.4 Å². The Morgan fingerprint density at radius 3 is 2.64 bits per heavy atom. The average molecular weight is 603 g/mol. The summed E-state index contributed by atoms with van der Waals surface area (Å²) in [6.07, 6.45) is 1.48. The summed E-state index contributed by atoms with van der Waals surface area (Å²) in [7, 11) is 0. The van der Waals surface area contributed by atoms with Crippen molar-refractivity contribution in [1.82, 2.24) is 5.43 Å². The first kappa shape index (κ1) is 26.4. The van der Waals surface area contributed by atoms with Crippen molar-refractivity contribution < 1.29 is 14.3 Å². The number of halogens is 2. The van der Waals surface area contributed by atoms with Gasteiger partial charge in [-0.1, -0.05) is 41.9 Å². The number of amides is 1. The molecule has 1 fully saturated rings. The van der Waals surface area contributed by atoms with Crippen LogP contribution in [0, 0.1) is 11.3 Å². The number of thioether (sulfide) groups is 2. The van der Waals surface area contributed by atoms with Crippen LogP contribution in [-0.4, -0.2) is 30.2 Å². The van der Waals surface area contributed by atoms with E-state index in [2.05, 4.69) is 32.5 Å². The van der Waals surface area contributed by atoms with Gasteiger partial charge in [-0.15, -0.1) is 23.5 Å². The Morgan fingerprint density at radius 1 is 1.17 bits per heavy atom. The van der Waals surface area contributed by atoms with Gasteiger partial charge in [-0.05, 0) is 57.4 Å². The lowest BCUT2D eigenvalue weighted by Crippen LogP contribution is -2.24. The Hall–Kier alpha value is -2.64. The van der Waals surface area contributed by atoms with Gasteiger partial charge in [-0.2, -0.15) is 10.4 Å². The Bertz CT molecular complexity index is 1270. The molecule has 0 aromatic heterocycles. The largest absolute Gasteiger partial charge is 0.486 e. The van der Waals surface area contributed by atoms with Crippen LogP contribution in [0.15, 0.2) is 70.2 Å². The molecule has 1 amide bonds. The number of carbonyl (C=O) groups excluding carboxylic acids is 1. The van der Waals surface area contributed by atoms with Gasteiger partial charge in [0.15, 0.2) is 12.4 Å². The highest BCUT2D eigenvalue weighted by Crippen LogP contribution is 2.45. The molecule has 36 heavy (non-hydrogen) atoms. The molecule has 0 bridgehead atoms. The number of hydrogen-bond acceptors (Lipinski definition) is 7. The van der Waals surface area contributed by atoms with Gasteiger partial charge in [0.1, 0.15) is 12.4 Å². The average Bonchev–Trinajstić information content (AvgIpc) is 3.43. The number of nitrogens with zero attached hydrogens (tertiary/aromatic N) is 2. The van der Waals surface area contributed by atoms with E-state index in [1.807, 2.05) is 59.9 Å². The van der Waals surface area contributed by atoms with E-state index in [9.17, 15) is 10.1 Å². The summed E-state index contributed by atoms with van der Waals surface area (Å²) in [6.45, 7) is 0.0534. The van der Waals surface area contributed by atoms with Crippen molar-refractivity contribution in [3.63, 3.8) is 0 Å². The van der Waals surface area contributed by atoms with Gasteiger partial charge in [0.2, 0.25) is 0 Å². The van der Waals surface area contributed by atoms with E-state index in [0.29, 0.717) is 36.7 Å². The van der Waals surface area contributed by atoms with Crippen LogP contribution < -0.4 is 14.9 Å². The lowest BCUT2D eigenvalue weighted by molar-refractivity contribution is -0.123. The molecule has 184 valence electrons. The zero-order valence-corrected chi connectivity index (χ0v) is 22.9. The molecule has 1 saturated heterocycles. The molecule has 0 unspecified atom stereocenters. The molecule has 1 N–H and O–H groups in total. The van der Waals surface area contributed by atoms with Crippen molar-refractivity contribution in [1.29, 1.82) is 5.26 Å². The molecule has 0 spiro atoms. The second kappa shape index (κ2) is 13.1.